The van der Waals surface area contributed by atoms with Gasteiger partial charge in [-0.2, -0.15) is 0 Å². The smallest absolute Gasteiger partial charge is 0.152 e. The van der Waals surface area contributed by atoms with Crippen LogP contribution in [0, 0.1) is 5.92 Å². The van der Waals surface area contributed by atoms with Gasteiger partial charge in [0, 0.05) is 5.92 Å². The van der Waals surface area contributed by atoms with Gasteiger partial charge in [0.1, 0.15) is 0 Å². The largest absolute Gasteiger partial charge is 0.298 e. The summed E-state index contributed by atoms with van der Waals surface area (Å²) in [6.07, 6.45) is 2.24. The molecular formula is C12H25NO. The van der Waals surface area contributed by atoms with Gasteiger partial charge in [-0.3, -0.25) is 9.69 Å². The minimum absolute atomic E-state index is 0.0925. The van der Waals surface area contributed by atoms with Crippen molar-refractivity contribution in [1.29, 1.82) is 0 Å². The summed E-state index contributed by atoms with van der Waals surface area (Å²) in [5.74, 6) is 0.521. The van der Waals surface area contributed by atoms with Crippen molar-refractivity contribution in [3.63, 3.8) is 0 Å². The van der Waals surface area contributed by atoms with Crippen LogP contribution in [0.25, 0.3) is 0 Å². The first-order chi connectivity index (χ1) is 6.54. The first kappa shape index (κ1) is 13.6. The van der Waals surface area contributed by atoms with Gasteiger partial charge >= 0.3 is 0 Å². The lowest BCUT2D eigenvalue weighted by Crippen LogP contribution is -2.41. The number of carbonyl (C=O) groups is 1. The summed E-state index contributed by atoms with van der Waals surface area (Å²) < 4.78 is 0. The summed E-state index contributed by atoms with van der Waals surface area (Å²) in [6, 6.07) is 0.0925. The van der Waals surface area contributed by atoms with Gasteiger partial charge in [0.2, 0.25) is 0 Å². The Labute approximate surface area is 88.7 Å². The summed E-state index contributed by atoms with van der Waals surface area (Å²) in [6.45, 7) is 12.4. The summed E-state index contributed by atoms with van der Waals surface area (Å²) >= 11 is 0. The Kier molecular flexibility index (Phi) is 6.81. The molecule has 0 saturated carbocycles. The molecule has 0 unspecified atom stereocenters. The van der Waals surface area contributed by atoms with E-state index in [1.165, 1.54) is 0 Å². The molecule has 0 heterocycles. The highest BCUT2D eigenvalue weighted by Crippen LogP contribution is 2.08. The van der Waals surface area contributed by atoms with Crippen LogP contribution in [0.2, 0.25) is 0 Å². The van der Waals surface area contributed by atoms with E-state index >= 15 is 0 Å². The van der Waals surface area contributed by atoms with Crippen LogP contribution < -0.4 is 0 Å². The topological polar surface area (TPSA) is 20.3 Å². The molecule has 1 atom stereocenters. The second-order valence-corrected chi connectivity index (χ2v) is 4.27. The summed E-state index contributed by atoms with van der Waals surface area (Å²) in [4.78, 5) is 14.1. The molecule has 0 amide bonds. The van der Waals surface area contributed by atoms with Gasteiger partial charge in [0.05, 0.1) is 6.04 Å². The molecule has 0 aliphatic heterocycles. The van der Waals surface area contributed by atoms with Crippen molar-refractivity contribution >= 4 is 5.78 Å². The second kappa shape index (κ2) is 6.99. The van der Waals surface area contributed by atoms with Gasteiger partial charge in [-0.1, -0.05) is 27.7 Å². The lowest BCUT2D eigenvalue weighted by Gasteiger charge is -2.28. The predicted octanol–water partition coefficient (Wildman–Crippen LogP) is 2.72. The summed E-state index contributed by atoms with van der Waals surface area (Å²) in [7, 11) is 0. The lowest BCUT2D eigenvalue weighted by atomic mass is 10.0. The van der Waals surface area contributed by atoms with Crippen molar-refractivity contribution < 1.29 is 4.79 Å². The SMILES string of the molecule is CCCN(CCC)[C@H](C)C(=O)C(C)C. The zero-order valence-electron chi connectivity index (χ0n) is 10.3. The van der Waals surface area contributed by atoms with E-state index in [0.29, 0.717) is 5.78 Å². The Morgan fingerprint density at radius 3 is 1.79 bits per heavy atom. The first-order valence-electron chi connectivity index (χ1n) is 5.82. The zero-order chi connectivity index (χ0) is 11.1. The van der Waals surface area contributed by atoms with E-state index in [9.17, 15) is 4.79 Å². The Hall–Kier alpha value is -0.370. The standard InChI is InChI=1S/C12H25NO/c1-6-8-13(9-7-2)11(5)12(14)10(3)4/h10-11H,6-9H2,1-5H3/t11-/m1/s1. The van der Waals surface area contributed by atoms with E-state index in [2.05, 4.69) is 18.7 Å². The Morgan fingerprint density at radius 1 is 1.07 bits per heavy atom. The second-order valence-electron chi connectivity index (χ2n) is 4.27. The van der Waals surface area contributed by atoms with Crippen molar-refractivity contribution in [2.45, 2.75) is 53.5 Å². The van der Waals surface area contributed by atoms with E-state index in [0.717, 1.165) is 25.9 Å². The van der Waals surface area contributed by atoms with Crippen LogP contribution in [0.1, 0.15) is 47.5 Å². The highest BCUT2D eigenvalue weighted by molar-refractivity contribution is 5.85. The lowest BCUT2D eigenvalue weighted by molar-refractivity contribution is -0.126. The number of hydrogen-bond donors (Lipinski definition) is 0. The average molecular weight is 199 g/mol. The van der Waals surface area contributed by atoms with Crippen LogP contribution in [0.5, 0.6) is 0 Å². The van der Waals surface area contributed by atoms with E-state index in [1.54, 1.807) is 0 Å². The monoisotopic (exact) mass is 199 g/mol. The third-order valence-electron chi connectivity index (χ3n) is 2.55. The van der Waals surface area contributed by atoms with Crippen molar-refractivity contribution in [1.82, 2.24) is 4.90 Å². The third kappa shape index (κ3) is 4.23. The molecule has 0 rings (SSSR count). The van der Waals surface area contributed by atoms with Gasteiger partial charge in [-0.15, -0.1) is 0 Å². The van der Waals surface area contributed by atoms with Gasteiger partial charge in [0.15, 0.2) is 5.78 Å². The molecule has 0 radical (unpaired) electrons. The molecule has 84 valence electrons. The van der Waals surface area contributed by atoms with Crippen molar-refractivity contribution in [2.24, 2.45) is 5.92 Å². The fraction of sp³-hybridized carbons (Fsp3) is 0.917. The molecule has 0 spiro atoms. The van der Waals surface area contributed by atoms with Gasteiger partial charge < -0.3 is 0 Å². The minimum atomic E-state index is 0.0925. The van der Waals surface area contributed by atoms with Crippen molar-refractivity contribution in [2.75, 3.05) is 13.1 Å². The fourth-order valence-electron chi connectivity index (χ4n) is 1.74. The summed E-state index contributed by atoms with van der Waals surface area (Å²) in [5, 5.41) is 0. The maximum Gasteiger partial charge on any atom is 0.152 e. The Bertz CT molecular complexity index is 160. The van der Waals surface area contributed by atoms with Crippen molar-refractivity contribution in [3.05, 3.63) is 0 Å². The number of nitrogens with zero attached hydrogens (tertiary/aromatic N) is 1. The molecule has 14 heavy (non-hydrogen) atoms. The first-order valence-corrected chi connectivity index (χ1v) is 5.82. The van der Waals surface area contributed by atoms with E-state index < -0.39 is 0 Å². The number of ketones is 1. The van der Waals surface area contributed by atoms with E-state index in [-0.39, 0.29) is 12.0 Å². The molecule has 0 fully saturated rings. The molecule has 0 bridgehead atoms. The van der Waals surface area contributed by atoms with Crippen LogP contribution in [-0.2, 0) is 4.79 Å². The van der Waals surface area contributed by atoms with Crippen LogP contribution >= 0.6 is 0 Å². The maximum atomic E-state index is 11.8. The number of rotatable bonds is 7. The van der Waals surface area contributed by atoms with Gasteiger partial charge in [0.25, 0.3) is 0 Å². The molecule has 0 aliphatic rings. The highest BCUT2D eigenvalue weighted by atomic mass is 16.1. The van der Waals surface area contributed by atoms with Crippen LogP contribution in [0.15, 0.2) is 0 Å². The van der Waals surface area contributed by atoms with Crippen LogP contribution in [-0.4, -0.2) is 29.8 Å². The zero-order valence-corrected chi connectivity index (χ0v) is 10.3. The normalized spacial score (nSPS) is 13.6. The maximum absolute atomic E-state index is 11.8. The average Bonchev–Trinajstić information content (AvgIpc) is 2.15. The van der Waals surface area contributed by atoms with E-state index in [1.807, 2.05) is 20.8 Å². The molecule has 0 aliphatic carbocycles. The van der Waals surface area contributed by atoms with Crippen LogP contribution in [0.4, 0.5) is 0 Å². The predicted molar refractivity (Wildman–Crippen MR) is 61.5 cm³/mol. The Balaban J connectivity index is 4.26. The number of hydrogen-bond acceptors (Lipinski definition) is 2. The molecule has 0 aromatic rings. The molecule has 0 aromatic heterocycles. The number of carbonyl (C=O) groups excluding carboxylic acids is 1. The van der Waals surface area contributed by atoms with Gasteiger partial charge in [-0.05, 0) is 32.9 Å². The molecule has 0 saturated heterocycles. The quantitative estimate of drug-likeness (QED) is 0.628. The fourth-order valence-corrected chi connectivity index (χ4v) is 1.74. The minimum Gasteiger partial charge on any atom is -0.298 e. The Morgan fingerprint density at radius 2 is 1.50 bits per heavy atom. The molecule has 2 heteroatoms. The summed E-state index contributed by atoms with van der Waals surface area (Å²) in [5.41, 5.74) is 0. The third-order valence-corrected chi connectivity index (χ3v) is 2.55. The highest BCUT2D eigenvalue weighted by Gasteiger charge is 2.21. The number of Topliss-reactive ketones (excluding diaryl/α,β-unsaturated/α-hetero) is 1. The van der Waals surface area contributed by atoms with Gasteiger partial charge in [-0.25, -0.2) is 0 Å². The molecular weight excluding hydrogens is 174 g/mol. The molecule has 2 nitrogen and oxygen atoms in total. The van der Waals surface area contributed by atoms with Crippen LogP contribution in [0.3, 0.4) is 0 Å². The molecule has 0 aromatic carbocycles. The van der Waals surface area contributed by atoms with E-state index in [4.69, 9.17) is 0 Å². The molecule has 0 N–H and O–H groups in total. The van der Waals surface area contributed by atoms with Crippen molar-refractivity contribution in [3.8, 4) is 0 Å².